The summed E-state index contributed by atoms with van der Waals surface area (Å²) in [5.41, 5.74) is 3.86. The Balaban J connectivity index is 0.00000141. The van der Waals surface area contributed by atoms with Crippen molar-refractivity contribution in [1.29, 1.82) is 0 Å². The number of halogens is 1. The summed E-state index contributed by atoms with van der Waals surface area (Å²) >= 11 is 0. The molecule has 1 aromatic carbocycles. The van der Waals surface area contributed by atoms with Crippen LogP contribution < -0.4 is 10.6 Å². The van der Waals surface area contributed by atoms with Gasteiger partial charge in [-0.25, -0.2) is 9.37 Å². The first-order valence-electron chi connectivity index (χ1n) is 10.4. The van der Waals surface area contributed by atoms with E-state index in [1.165, 1.54) is 13.2 Å². The van der Waals surface area contributed by atoms with Crippen LogP contribution in [-0.4, -0.2) is 28.1 Å². The number of aliphatic hydroxyl groups is 1. The number of methoxy groups -OCH3 is 1. The molecule has 1 aliphatic heterocycles. The van der Waals surface area contributed by atoms with E-state index in [4.69, 9.17) is 4.74 Å². The van der Waals surface area contributed by atoms with Crippen molar-refractivity contribution in [2.45, 2.75) is 46.6 Å². The van der Waals surface area contributed by atoms with Crippen molar-refractivity contribution in [3.8, 4) is 11.4 Å². The molecule has 0 bridgehead atoms. The lowest BCUT2D eigenvalue weighted by atomic mass is 9.98. The third-order valence-corrected chi connectivity index (χ3v) is 5.70. The van der Waals surface area contributed by atoms with Crippen LogP contribution in [-0.2, 0) is 29.2 Å². The fraction of sp³-hybridized carbons (Fsp3) is 0.348. The Morgan fingerprint density at radius 2 is 2.06 bits per heavy atom. The van der Waals surface area contributed by atoms with Crippen molar-refractivity contribution in [1.82, 2.24) is 14.6 Å². The lowest BCUT2D eigenvalue weighted by Crippen LogP contribution is -2.26. The number of nitrogens with zero attached hydrogens (tertiary/aromatic N) is 2. The van der Waals surface area contributed by atoms with Gasteiger partial charge in [0, 0.05) is 41.8 Å². The molecule has 2 atom stereocenters. The molecule has 9 heteroatoms. The van der Waals surface area contributed by atoms with Gasteiger partial charge in [-0.05, 0) is 30.2 Å². The number of carbonyl (C=O) groups excluding carboxylic acids is 1. The highest BCUT2D eigenvalue weighted by Crippen LogP contribution is 2.37. The number of nitrogens with one attached hydrogen (secondary N) is 1. The normalized spacial score (nSPS) is 12.7. The van der Waals surface area contributed by atoms with Crippen molar-refractivity contribution in [3.05, 3.63) is 62.2 Å². The van der Waals surface area contributed by atoms with Gasteiger partial charge in [0.25, 0.3) is 5.56 Å². The number of fused-ring (bicyclic) bond motifs is 4. The van der Waals surface area contributed by atoms with Crippen LogP contribution in [0.15, 0.2) is 23.0 Å². The van der Waals surface area contributed by atoms with E-state index in [0.717, 1.165) is 16.5 Å². The van der Waals surface area contributed by atoms with E-state index in [1.54, 1.807) is 23.6 Å². The first-order chi connectivity index (χ1) is 15.4. The van der Waals surface area contributed by atoms with Crippen molar-refractivity contribution >= 4 is 26.6 Å². The maximum absolute atomic E-state index is 14.2. The van der Waals surface area contributed by atoms with Crippen molar-refractivity contribution < 1.29 is 19.0 Å². The fourth-order valence-electron chi connectivity index (χ4n) is 4.03. The molecule has 0 amide bonds. The molecule has 4 rings (SSSR count). The summed E-state index contributed by atoms with van der Waals surface area (Å²) in [5, 5.41) is 14.0. The zero-order valence-corrected chi connectivity index (χ0v) is 19.7. The first kappa shape index (κ1) is 24.1. The molecule has 2 unspecified atom stereocenters. The first-order valence-corrected chi connectivity index (χ1v) is 10.9. The Labute approximate surface area is 187 Å². The molecule has 3 aromatic rings. The molecule has 2 N–H and O–H groups in total. The SMILES string of the molecule is CC.COCc1c(C(O)C=O)cc2n(c1=O)Cc1c-2nc2cc(F)c(C)cc2c1CNP. The molecule has 3 heterocycles. The Morgan fingerprint density at radius 3 is 2.69 bits per heavy atom. The number of pyridine rings is 2. The van der Waals surface area contributed by atoms with Crippen LogP contribution in [0.2, 0.25) is 0 Å². The third kappa shape index (κ3) is 3.99. The molecule has 32 heavy (non-hydrogen) atoms. The van der Waals surface area contributed by atoms with Crippen LogP contribution in [0.4, 0.5) is 4.39 Å². The van der Waals surface area contributed by atoms with Crippen molar-refractivity contribution in [2.24, 2.45) is 0 Å². The number of carbonyl (C=O) groups is 1. The summed E-state index contributed by atoms with van der Waals surface area (Å²) < 4.78 is 20.9. The number of aldehydes is 1. The fourth-order valence-corrected chi connectivity index (χ4v) is 4.23. The predicted molar refractivity (Wildman–Crippen MR) is 125 cm³/mol. The highest BCUT2D eigenvalue weighted by Gasteiger charge is 2.29. The Hall–Kier alpha value is -2.51. The third-order valence-electron chi connectivity index (χ3n) is 5.49. The number of hydrogen-bond donors (Lipinski definition) is 2. The average molecular weight is 459 g/mol. The van der Waals surface area contributed by atoms with Gasteiger partial charge in [0.1, 0.15) is 11.9 Å². The average Bonchev–Trinajstić information content (AvgIpc) is 3.16. The number of benzene rings is 1. The van der Waals surface area contributed by atoms with Crippen LogP contribution in [0, 0.1) is 12.7 Å². The molecular weight excluding hydrogens is 432 g/mol. The smallest absolute Gasteiger partial charge is 0.257 e. The quantitative estimate of drug-likeness (QED) is 0.340. The maximum Gasteiger partial charge on any atom is 0.257 e. The zero-order valence-electron chi connectivity index (χ0n) is 18.5. The Bertz CT molecular complexity index is 1240. The molecule has 0 saturated carbocycles. The minimum atomic E-state index is -1.45. The number of aryl methyl sites for hydroxylation is 1. The summed E-state index contributed by atoms with van der Waals surface area (Å²) in [6.07, 6.45) is -1.08. The minimum Gasteiger partial charge on any atom is -0.381 e. The van der Waals surface area contributed by atoms with Crippen LogP contribution in [0.3, 0.4) is 0 Å². The molecule has 0 aliphatic carbocycles. The second-order valence-corrected chi connectivity index (χ2v) is 7.69. The van der Waals surface area contributed by atoms with Crippen LogP contribution >= 0.6 is 9.39 Å². The van der Waals surface area contributed by atoms with E-state index in [9.17, 15) is 19.1 Å². The van der Waals surface area contributed by atoms with Gasteiger partial charge in [0.15, 0.2) is 6.29 Å². The molecular formula is C23H27FN3O4P. The molecule has 170 valence electrons. The van der Waals surface area contributed by atoms with Crippen molar-refractivity contribution in [3.63, 3.8) is 0 Å². The zero-order chi connectivity index (χ0) is 23.6. The number of aliphatic hydroxyl groups excluding tert-OH is 1. The number of aromatic nitrogens is 2. The van der Waals surface area contributed by atoms with E-state index < -0.39 is 6.10 Å². The van der Waals surface area contributed by atoms with E-state index in [1.807, 2.05) is 13.8 Å². The largest absolute Gasteiger partial charge is 0.381 e. The molecule has 7 nitrogen and oxygen atoms in total. The minimum absolute atomic E-state index is 0.0322. The van der Waals surface area contributed by atoms with Gasteiger partial charge in [-0.3, -0.25) is 9.88 Å². The molecule has 0 saturated heterocycles. The standard InChI is InChI=1S/C21H21FN3O4P.C2H6/c1-10-3-11-13(6-23-30)14-7-25-18(20(14)24-17(11)5-16(10)22)4-12(19(27)8-26)15(9-29-2)21(25)28;1-2/h3-5,8,19,23,27H,6-7,9,30H2,1-2H3;1-2H3. The Morgan fingerprint density at radius 1 is 1.34 bits per heavy atom. The maximum atomic E-state index is 14.2. The van der Waals surface area contributed by atoms with Gasteiger partial charge in [0.2, 0.25) is 0 Å². The van der Waals surface area contributed by atoms with Gasteiger partial charge < -0.3 is 19.2 Å². The summed E-state index contributed by atoms with van der Waals surface area (Å²) in [6, 6.07) is 4.75. The van der Waals surface area contributed by atoms with Gasteiger partial charge >= 0.3 is 0 Å². The monoisotopic (exact) mass is 459 g/mol. The molecule has 0 radical (unpaired) electrons. The highest BCUT2D eigenvalue weighted by molar-refractivity contribution is 7.13. The second kappa shape index (κ2) is 9.96. The molecule has 0 spiro atoms. The summed E-state index contributed by atoms with van der Waals surface area (Å²) in [7, 11) is 3.89. The van der Waals surface area contributed by atoms with E-state index in [2.05, 4.69) is 19.5 Å². The topological polar surface area (TPSA) is 93.5 Å². The van der Waals surface area contributed by atoms with E-state index in [0.29, 0.717) is 41.8 Å². The number of rotatable bonds is 6. The van der Waals surface area contributed by atoms with E-state index >= 15 is 0 Å². The lowest BCUT2D eigenvalue weighted by Gasteiger charge is -2.14. The summed E-state index contributed by atoms with van der Waals surface area (Å²) in [5.74, 6) is -0.359. The van der Waals surface area contributed by atoms with Gasteiger partial charge in [-0.1, -0.05) is 23.2 Å². The Kier molecular flexibility index (Phi) is 7.51. The van der Waals surface area contributed by atoms with Crippen LogP contribution in [0.5, 0.6) is 0 Å². The molecule has 2 aromatic heterocycles. The van der Waals surface area contributed by atoms with Crippen LogP contribution in [0.1, 0.15) is 47.8 Å². The van der Waals surface area contributed by atoms with Crippen molar-refractivity contribution in [2.75, 3.05) is 7.11 Å². The van der Waals surface area contributed by atoms with Gasteiger partial charge in [0.05, 0.1) is 30.1 Å². The van der Waals surface area contributed by atoms with Gasteiger partial charge in [-0.2, -0.15) is 0 Å². The molecule has 1 aliphatic rings. The highest BCUT2D eigenvalue weighted by atomic mass is 31.0. The van der Waals surface area contributed by atoms with E-state index in [-0.39, 0.29) is 29.1 Å². The summed E-state index contributed by atoms with van der Waals surface area (Å²) in [6.45, 7) is 6.44. The van der Waals surface area contributed by atoms with Gasteiger partial charge in [-0.15, -0.1) is 0 Å². The lowest BCUT2D eigenvalue weighted by molar-refractivity contribution is -0.115. The number of hydrogen-bond acceptors (Lipinski definition) is 6. The number of ether oxygens (including phenoxy) is 1. The second-order valence-electron chi connectivity index (χ2n) is 7.29. The summed E-state index contributed by atoms with van der Waals surface area (Å²) in [4.78, 5) is 29.1. The van der Waals surface area contributed by atoms with Crippen LogP contribution in [0.25, 0.3) is 22.3 Å². The molecule has 0 fully saturated rings. The predicted octanol–water partition coefficient (Wildman–Crippen LogP) is 3.16.